The molecule has 1 aromatic heterocycles. The van der Waals surface area contributed by atoms with Crippen LogP contribution in [0.5, 0.6) is 0 Å². The summed E-state index contributed by atoms with van der Waals surface area (Å²) < 4.78 is 89.6. The summed E-state index contributed by atoms with van der Waals surface area (Å²) in [4.78, 5) is 21.9. The van der Waals surface area contributed by atoms with E-state index in [9.17, 15) is 31.1 Å². The Balaban J connectivity index is 1.31. The standard InChI is InChI=1S/C49H53F6N3O2Si/c1-35-22-18-19-27-41(35)42-33-44(56-34-43(42)58(8)45(59)47(5,6)36-30-37(48(50,51)52)32-38(31-36)49(53,54)55)57(7)28-20-10-9-11-21-29-60-61(46(2,3)4,39-23-14-12-15-24-39)40-25-16-13-17-26-40/h12-19,22-27,30-34H,9,11,21,28-29H2,1-8H3. The van der Waals surface area contributed by atoms with E-state index >= 15 is 0 Å². The Morgan fingerprint density at radius 1 is 0.689 bits per heavy atom. The number of benzene rings is 4. The van der Waals surface area contributed by atoms with Gasteiger partial charge in [0.25, 0.3) is 8.32 Å². The van der Waals surface area contributed by atoms with Gasteiger partial charge in [-0.05, 0) is 90.0 Å². The Kier molecular flexibility index (Phi) is 14.3. The second-order valence-corrected chi connectivity index (χ2v) is 21.1. The molecule has 0 saturated heterocycles. The average Bonchev–Trinajstić information content (AvgIpc) is 3.22. The van der Waals surface area contributed by atoms with Crippen molar-refractivity contribution < 1.29 is 35.6 Å². The summed E-state index contributed by atoms with van der Waals surface area (Å²) in [5.74, 6) is 6.36. The Labute approximate surface area is 356 Å². The maximum absolute atomic E-state index is 14.2. The van der Waals surface area contributed by atoms with Crippen molar-refractivity contribution in [2.24, 2.45) is 0 Å². The van der Waals surface area contributed by atoms with Crippen LogP contribution in [0, 0.1) is 18.8 Å². The summed E-state index contributed by atoms with van der Waals surface area (Å²) in [6.45, 7) is 12.3. The minimum absolute atomic E-state index is 0.0565. The van der Waals surface area contributed by atoms with Gasteiger partial charge in [0.2, 0.25) is 5.91 Å². The van der Waals surface area contributed by atoms with Gasteiger partial charge in [-0.2, -0.15) is 26.3 Å². The number of alkyl halides is 6. The van der Waals surface area contributed by atoms with E-state index in [2.05, 4.69) is 86.1 Å². The zero-order valence-electron chi connectivity index (χ0n) is 35.9. The lowest BCUT2D eigenvalue weighted by atomic mass is 9.81. The van der Waals surface area contributed by atoms with Gasteiger partial charge >= 0.3 is 12.4 Å². The fourth-order valence-corrected chi connectivity index (χ4v) is 12.2. The van der Waals surface area contributed by atoms with E-state index in [1.165, 1.54) is 42.4 Å². The number of unbranched alkanes of at least 4 members (excludes halogenated alkanes) is 2. The fourth-order valence-electron chi connectivity index (χ4n) is 7.62. The highest BCUT2D eigenvalue weighted by Gasteiger charge is 2.50. The number of nitrogens with zero attached hydrogens (tertiary/aromatic N) is 3. The molecule has 5 rings (SSSR count). The minimum atomic E-state index is -5.06. The van der Waals surface area contributed by atoms with Gasteiger partial charge in [-0.15, -0.1) is 5.92 Å². The van der Waals surface area contributed by atoms with Crippen LogP contribution in [0.4, 0.5) is 37.8 Å². The topological polar surface area (TPSA) is 45.7 Å². The third-order valence-electron chi connectivity index (χ3n) is 11.1. The lowest BCUT2D eigenvalue weighted by Gasteiger charge is -2.43. The summed E-state index contributed by atoms with van der Waals surface area (Å²) in [7, 11) is 0.672. The molecule has 0 aliphatic rings. The molecule has 0 spiro atoms. The Hall–Kier alpha value is -5.38. The highest BCUT2D eigenvalue weighted by Crippen LogP contribution is 2.42. The summed E-state index contributed by atoms with van der Waals surface area (Å²) in [5, 5.41) is 2.37. The number of halogens is 6. The van der Waals surface area contributed by atoms with Crippen LogP contribution in [0.2, 0.25) is 5.04 Å². The molecule has 0 aliphatic heterocycles. The first-order valence-electron chi connectivity index (χ1n) is 20.1. The normalized spacial score (nSPS) is 12.4. The third kappa shape index (κ3) is 10.6. The predicted molar refractivity (Wildman–Crippen MR) is 236 cm³/mol. The molecule has 1 heterocycles. The molecule has 0 bridgehead atoms. The maximum Gasteiger partial charge on any atom is 0.416 e. The molecule has 1 amide bonds. The summed E-state index contributed by atoms with van der Waals surface area (Å²) >= 11 is 0. The monoisotopic (exact) mass is 857 g/mol. The second-order valence-electron chi connectivity index (χ2n) is 16.8. The molecule has 0 radical (unpaired) electrons. The molecule has 4 aromatic carbocycles. The molecule has 0 unspecified atom stereocenters. The van der Waals surface area contributed by atoms with Crippen molar-refractivity contribution in [2.45, 2.75) is 83.6 Å². The van der Waals surface area contributed by atoms with E-state index in [1.807, 2.05) is 61.3 Å². The third-order valence-corrected chi connectivity index (χ3v) is 16.1. The van der Waals surface area contributed by atoms with Crippen molar-refractivity contribution in [3.05, 3.63) is 138 Å². The van der Waals surface area contributed by atoms with E-state index in [-0.39, 0.29) is 11.1 Å². The number of hydrogen-bond donors (Lipinski definition) is 0. The van der Waals surface area contributed by atoms with E-state index in [0.717, 1.165) is 24.0 Å². The average molecular weight is 858 g/mol. The first-order chi connectivity index (χ1) is 28.6. The summed E-state index contributed by atoms with van der Waals surface area (Å²) in [6, 6.07) is 31.6. The number of amides is 1. The molecule has 5 nitrogen and oxygen atoms in total. The van der Waals surface area contributed by atoms with E-state index in [0.29, 0.717) is 48.8 Å². The van der Waals surface area contributed by atoms with Gasteiger partial charge in [-0.25, -0.2) is 4.98 Å². The Morgan fingerprint density at radius 2 is 1.21 bits per heavy atom. The first-order valence-corrected chi connectivity index (χ1v) is 22.1. The number of anilines is 2. The van der Waals surface area contributed by atoms with Crippen LogP contribution in [0.1, 0.15) is 76.1 Å². The lowest BCUT2D eigenvalue weighted by molar-refractivity contribution is -0.143. The molecule has 0 N–H and O–H groups in total. The zero-order valence-corrected chi connectivity index (χ0v) is 36.9. The lowest BCUT2D eigenvalue weighted by Crippen LogP contribution is -2.66. The van der Waals surface area contributed by atoms with Crippen molar-refractivity contribution >= 4 is 36.1 Å². The molecular weight excluding hydrogens is 805 g/mol. The van der Waals surface area contributed by atoms with Crippen molar-refractivity contribution in [2.75, 3.05) is 37.0 Å². The van der Waals surface area contributed by atoms with Gasteiger partial charge < -0.3 is 14.2 Å². The van der Waals surface area contributed by atoms with Crippen LogP contribution in [0.3, 0.4) is 0 Å². The first kappa shape index (κ1) is 46.7. The summed E-state index contributed by atoms with van der Waals surface area (Å²) in [5.41, 5.74) is -2.59. The van der Waals surface area contributed by atoms with Crippen LogP contribution in [-0.2, 0) is 27.0 Å². The quantitative estimate of drug-likeness (QED) is 0.0512. The van der Waals surface area contributed by atoms with Crippen LogP contribution in [0.15, 0.2) is 115 Å². The summed E-state index contributed by atoms with van der Waals surface area (Å²) in [6.07, 6.45) is -6.24. The van der Waals surface area contributed by atoms with Crippen LogP contribution in [-0.4, -0.2) is 46.5 Å². The molecule has 0 saturated carbocycles. The van der Waals surface area contributed by atoms with Gasteiger partial charge in [-0.1, -0.05) is 112 Å². The molecule has 61 heavy (non-hydrogen) atoms. The fraction of sp³-hybridized carbons (Fsp3) is 0.347. The number of aryl methyl sites for hydroxylation is 1. The number of aromatic nitrogens is 1. The molecule has 0 atom stereocenters. The van der Waals surface area contributed by atoms with Gasteiger partial charge in [0, 0.05) is 32.7 Å². The Morgan fingerprint density at radius 3 is 1.74 bits per heavy atom. The van der Waals surface area contributed by atoms with Gasteiger partial charge in [0.15, 0.2) is 0 Å². The predicted octanol–water partition coefficient (Wildman–Crippen LogP) is 11.2. The molecule has 0 fully saturated rings. The van der Waals surface area contributed by atoms with E-state index < -0.39 is 48.7 Å². The van der Waals surface area contributed by atoms with Crippen LogP contribution < -0.4 is 20.2 Å². The van der Waals surface area contributed by atoms with Gasteiger partial charge in [0.05, 0.1) is 35.0 Å². The Bertz CT molecular complexity index is 2270. The number of carbonyl (C=O) groups is 1. The number of pyridine rings is 1. The molecule has 12 heteroatoms. The highest BCUT2D eigenvalue weighted by atomic mass is 28.4. The van der Waals surface area contributed by atoms with Crippen molar-refractivity contribution in [3.63, 3.8) is 0 Å². The van der Waals surface area contributed by atoms with Crippen molar-refractivity contribution in [3.8, 4) is 23.0 Å². The SMILES string of the molecule is Cc1ccccc1-c1cc(N(C)CC#CCCCCO[Si](c2ccccc2)(c2ccccc2)C(C)(C)C)ncc1N(C)C(=O)C(C)(C)c1cc(C(F)(F)F)cc(C(F)(F)F)c1. The molecular formula is C49H53F6N3O2Si. The number of likely N-dealkylation sites (N-methyl/N-ethyl adjacent to an activating group) is 1. The van der Waals surface area contributed by atoms with E-state index in [1.54, 1.807) is 0 Å². The maximum atomic E-state index is 14.2. The molecule has 0 aliphatic carbocycles. The van der Waals surface area contributed by atoms with Gasteiger partial charge in [-0.3, -0.25) is 4.79 Å². The number of hydrogen-bond acceptors (Lipinski definition) is 4. The molecule has 322 valence electrons. The van der Waals surface area contributed by atoms with E-state index in [4.69, 9.17) is 4.43 Å². The molecule has 5 aromatic rings. The van der Waals surface area contributed by atoms with Gasteiger partial charge in [0.1, 0.15) is 5.82 Å². The minimum Gasteiger partial charge on any atom is -0.407 e. The van der Waals surface area contributed by atoms with Crippen LogP contribution >= 0.6 is 0 Å². The largest absolute Gasteiger partial charge is 0.416 e. The zero-order chi connectivity index (χ0) is 44.8. The van der Waals surface area contributed by atoms with Crippen molar-refractivity contribution in [1.82, 2.24) is 4.98 Å². The highest BCUT2D eigenvalue weighted by molar-refractivity contribution is 6.99. The smallest absolute Gasteiger partial charge is 0.407 e. The second kappa shape index (κ2) is 18.7. The number of rotatable bonds is 13. The number of carbonyl (C=O) groups excluding carboxylic acids is 1. The van der Waals surface area contributed by atoms with Crippen LogP contribution in [0.25, 0.3) is 11.1 Å². The van der Waals surface area contributed by atoms with Crippen molar-refractivity contribution in [1.29, 1.82) is 0 Å².